The van der Waals surface area contributed by atoms with Gasteiger partial charge in [-0.05, 0) is 6.92 Å². The van der Waals surface area contributed by atoms with Crippen LogP contribution in [0.3, 0.4) is 0 Å². The van der Waals surface area contributed by atoms with Crippen molar-refractivity contribution in [1.82, 2.24) is 15.0 Å². The summed E-state index contributed by atoms with van der Waals surface area (Å²) in [4.78, 5) is 11.3. The second-order valence-corrected chi connectivity index (χ2v) is 2.86. The van der Waals surface area contributed by atoms with Gasteiger partial charge in [0.2, 0.25) is 0 Å². The molecule has 0 bridgehead atoms. The number of halogens is 3. The lowest BCUT2D eigenvalue weighted by Gasteiger charge is -2.08. The van der Waals surface area contributed by atoms with Crippen LogP contribution in [-0.2, 0) is 16.0 Å². The van der Waals surface area contributed by atoms with Crippen LogP contribution in [0.15, 0.2) is 6.20 Å². The molecule has 0 amide bonds. The number of hydrogen-bond acceptors (Lipinski definition) is 5. The monoisotopic (exact) mass is 253 g/mol. The van der Waals surface area contributed by atoms with Gasteiger partial charge in [-0.2, -0.15) is 0 Å². The molecule has 17 heavy (non-hydrogen) atoms. The molecule has 1 aromatic rings. The van der Waals surface area contributed by atoms with Gasteiger partial charge in [0.25, 0.3) is 0 Å². The van der Waals surface area contributed by atoms with E-state index in [4.69, 9.17) is 0 Å². The SMILES string of the molecule is CCOC(=O)c1cnnn1CCOC(F)(F)F. The largest absolute Gasteiger partial charge is 0.522 e. The zero-order chi connectivity index (χ0) is 12.9. The molecule has 0 fully saturated rings. The fourth-order valence-corrected chi connectivity index (χ4v) is 1.03. The van der Waals surface area contributed by atoms with Crippen LogP contribution < -0.4 is 0 Å². The highest BCUT2D eigenvalue weighted by atomic mass is 19.4. The minimum Gasteiger partial charge on any atom is -0.461 e. The van der Waals surface area contributed by atoms with Crippen molar-refractivity contribution in [2.24, 2.45) is 0 Å². The van der Waals surface area contributed by atoms with E-state index in [-0.39, 0.29) is 18.8 Å². The van der Waals surface area contributed by atoms with Gasteiger partial charge in [-0.25, -0.2) is 9.48 Å². The molecule has 0 aliphatic carbocycles. The predicted octanol–water partition coefficient (Wildman–Crippen LogP) is 0.991. The van der Waals surface area contributed by atoms with Crippen molar-refractivity contribution in [1.29, 1.82) is 0 Å². The molecule has 1 aromatic heterocycles. The van der Waals surface area contributed by atoms with E-state index in [0.717, 1.165) is 10.9 Å². The molecule has 1 rings (SSSR count). The maximum Gasteiger partial charge on any atom is 0.522 e. The average molecular weight is 253 g/mol. The minimum atomic E-state index is -4.70. The Labute approximate surface area is 94.3 Å². The first-order valence-corrected chi connectivity index (χ1v) is 4.70. The minimum absolute atomic E-state index is 0.0161. The molecule has 0 aliphatic heterocycles. The lowest BCUT2D eigenvalue weighted by molar-refractivity contribution is -0.325. The van der Waals surface area contributed by atoms with Crippen LogP contribution in [0.1, 0.15) is 17.4 Å². The van der Waals surface area contributed by atoms with Gasteiger partial charge >= 0.3 is 12.3 Å². The predicted molar refractivity (Wildman–Crippen MR) is 48.0 cm³/mol. The number of nitrogens with zero attached hydrogens (tertiary/aromatic N) is 3. The number of hydrogen-bond donors (Lipinski definition) is 0. The molecule has 0 radical (unpaired) electrons. The number of ether oxygens (including phenoxy) is 2. The fourth-order valence-electron chi connectivity index (χ4n) is 1.03. The van der Waals surface area contributed by atoms with Crippen molar-refractivity contribution in [2.75, 3.05) is 13.2 Å². The van der Waals surface area contributed by atoms with Gasteiger partial charge in [0.05, 0.1) is 26.0 Å². The van der Waals surface area contributed by atoms with Crippen molar-refractivity contribution >= 4 is 5.97 Å². The average Bonchev–Trinajstić information content (AvgIpc) is 2.64. The first-order valence-electron chi connectivity index (χ1n) is 4.70. The third kappa shape index (κ3) is 4.39. The molecule has 0 saturated heterocycles. The van der Waals surface area contributed by atoms with Crippen molar-refractivity contribution in [3.05, 3.63) is 11.9 Å². The Balaban J connectivity index is 2.54. The Bertz CT molecular complexity index is 378. The van der Waals surface area contributed by atoms with Crippen LogP contribution in [0.25, 0.3) is 0 Å². The van der Waals surface area contributed by atoms with Crippen LogP contribution in [0, 0.1) is 0 Å². The number of carbonyl (C=O) groups is 1. The Morgan fingerprint density at radius 2 is 2.24 bits per heavy atom. The molecular formula is C8H10F3N3O3. The molecule has 0 aliphatic rings. The highest BCUT2D eigenvalue weighted by Crippen LogP contribution is 2.15. The topological polar surface area (TPSA) is 66.2 Å². The fraction of sp³-hybridized carbons (Fsp3) is 0.625. The van der Waals surface area contributed by atoms with Crippen molar-refractivity contribution in [2.45, 2.75) is 19.8 Å². The van der Waals surface area contributed by atoms with E-state index in [0.29, 0.717) is 0 Å². The quantitative estimate of drug-likeness (QED) is 0.732. The molecule has 9 heteroatoms. The number of aromatic nitrogens is 3. The molecule has 0 aromatic carbocycles. The van der Waals surface area contributed by atoms with E-state index in [2.05, 4.69) is 19.8 Å². The number of carbonyl (C=O) groups excluding carboxylic acids is 1. The van der Waals surface area contributed by atoms with Crippen molar-refractivity contribution < 1.29 is 27.4 Å². The second kappa shape index (κ2) is 5.62. The highest BCUT2D eigenvalue weighted by Gasteiger charge is 2.29. The van der Waals surface area contributed by atoms with Crippen LogP contribution in [0.2, 0.25) is 0 Å². The van der Waals surface area contributed by atoms with Crippen molar-refractivity contribution in [3.8, 4) is 0 Å². The van der Waals surface area contributed by atoms with Crippen LogP contribution in [0.5, 0.6) is 0 Å². The van der Waals surface area contributed by atoms with Crippen LogP contribution >= 0.6 is 0 Å². The summed E-state index contributed by atoms with van der Waals surface area (Å²) in [6.07, 6.45) is -3.59. The third-order valence-electron chi connectivity index (χ3n) is 1.67. The molecule has 1 heterocycles. The van der Waals surface area contributed by atoms with Gasteiger partial charge in [-0.1, -0.05) is 5.21 Å². The van der Waals surface area contributed by atoms with Gasteiger partial charge in [-0.3, -0.25) is 4.74 Å². The maximum absolute atomic E-state index is 11.7. The summed E-state index contributed by atoms with van der Waals surface area (Å²) in [7, 11) is 0. The van der Waals surface area contributed by atoms with Gasteiger partial charge in [0.15, 0.2) is 5.69 Å². The highest BCUT2D eigenvalue weighted by molar-refractivity contribution is 5.87. The van der Waals surface area contributed by atoms with E-state index in [1.165, 1.54) is 0 Å². The Morgan fingerprint density at radius 3 is 2.82 bits per heavy atom. The second-order valence-electron chi connectivity index (χ2n) is 2.86. The zero-order valence-corrected chi connectivity index (χ0v) is 8.90. The van der Waals surface area contributed by atoms with E-state index in [1.807, 2.05) is 0 Å². The molecule has 0 atom stereocenters. The molecule has 0 unspecified atom stereocenters. The van der Waals surface area contributed by atoms with Crippen LogP contribution in [-0.4, -0.2) is 40.5 Å². The lowest BCUT2D eigenvalue weighted by atomic mass is 10.4. The zero-order valence-electron chi connectivity index (χ0n) is 8.90. The number of alkyl halides is 3. The summed E-state index contributed by atoms with van der Waals surface area (Å²) in [5.74, 6) is -0.690. The van der Waals surface area contributed by atoms with Gasteiger partial charge in [0.1, 0.15) is 0 Å². The van der Waals surface area contributed by atoms with E-state index in [9.17, 15) is 18.0 Å². The number of rotatable bonds is 5. The molecule has 6 nitrogen and oxygen atoms in total. The molecule has 0 spiro atoms. The molecule has 0 saturated carbocycles. The Kier molecular flexibility index (Phi) is 4.44. The molecular weight excluding hydrogens is 243 g/mol. The smallest absolute Gasteiger partial charge is 0.461 e. The van der Waals surface area contributed by atoms with Gasteiger partial charge < -0.3 is 4.74 Å². The summed E-state index contributed by atoms with van der Waals surface area (Å²) in [5, 5.41) is 6.87. The number of esters is 1. The summed E-state index contributed by atoms with van der Waals surface area (Å²) < 4.78 is 44.3. The van der Waals surface area contributed by atoms with E-state index >= 15 is 0 Å². The van der Waals surface area contributed by atoms with Crippen LogP contribution in [0.4, 0.5) is 13.2 Å². The maximum atomic E-state index is 11.7. The lowest BCUT2D eigenvalue weighted by Crippen LogP contribution is -2.20. The Morgan fingerprint density at radius 1 is 1.53 bits per heavy atom. The summed E-state index contributed by atoms with van der Waals surface area (Å²) in [6, 6.07) is 0. The van der Waals surface area contributed by atoms with E-state index < -0.39 is 18.9 Å². The van der Waals surface area contributed by atoms with Crippen molar-refractivity contribution in [3.63, 3.8) is 0 Å². The first kappa shape index (κ1) is 13.4. The third-order valence-corrected chi connectivity index (χ3v) is 1.67. The normalized spacial score (nSPS) is 11.5. The summed E-state index contributed by atoms with van der Waals surface area (Å²) in [5.41, 5.74) is -0.0161. The molecule has 0 N–H and O–H groups in total. The van der Waals surface area contributed by atoms with E-state index in [1.54, 1.807) is 6.92 Å². The summed E-state index contributed by atoms with van der Waals surface area (Å²) >= 11 is 0. The van der Waals surface area contributed by atoms with Gasteiger partial charge in [0, 0.05) is 0 Å². The standard InChI is InChI=1S/C8H10F3N3O3/c1-2-16-7(15)6-5-12-13-14(6)3-4-17-8(9,10)11/h5H,2-4H2,1H3. The van der Waals surface area contributed by atoms with Gasteiger partial charge in [-0.15, -0.1) is 18.3 Å². The Hall–Kier alpha value is -1.64. The molecule has 96 valence electrons. The first-order chi connectivity index (χ1) is 7.94. The summed E-state index contributed by atoms with van der Waals surface area (Å²) in [6.45, 7) is 0.870.